The molecule has 1 heterocycles. The molecule has 1 aliphatic rings. The van der Waals surface area contributed by atoms with Gasteiger partial charge in [-0.05, 0) is 32.2 Å². The molecule has 1 aliphatic carbocycles. The predicted molar refractivity (Wildman–Crippen MR) is 61.5 cm³/mol. The van der Waals surface area contributed by atoms with Crippen molar-refractivity contribution >= 4 is 5.97 Å². The highest BCUT2D eigenvalue weighted by Gasteiger charge is 2.30. The monoisotopic (exact) mass is 238 g/mol. The average molecular weight is 238 g/mol. The summed E-state index contributed by atoms with van der Waals surface area (Å²) in [6.07, 6.45) is 3.33. The van der Waals surface area contributed by atoms with Gasteiger partial charge in [-0.3, -0.25) is 5.10 Å². The van der Waals surface area contributed by atoms with E-state index in [0.717, 1.165) is 25.1 Å². The Kier molecular flexibility index (Phi) is 3.73. The number of nitrogens with zero attached hydrogens (tertiary/aromatic N) is 2. The molecule has 1 aromatic heterocycles. The minimum Gasteiger partial charge on any atom is -0.460 e. The quantitative estimate of drug-likeness (QED) is 0.757. The van der Waals surface area contributed by atoms with Crippen LogP contribution in [-0.2, 0) is 4.74 Å². The molecule has 0 aromatic carbocycles. The average Bonchev–Trinajstić information content (AvgIpc) is 2.97. The van der Waals surface area contributed by atoms with E-state index in [1.165, 1.54) is 0 Å². The van der Waals surface area contributed by atoms with Crippen molar-refractivity contribution in [3.63, 3.8) is 0 Å². The lowest BCUT2D eigenvalue weighted by Crippen LogP contribution is -2.18. The van der Waals surface area contributed by atoms with Gasteiger partial charge in [-0.1, -0.05) is 6.42 Å². The predicted octanol–water partition coefficient (Wildman–Crippen LogP) is 0.824. The van der Waals surface area contributed by atoms with E-state index >= 15 is 0 Å². The van der Waals surface area contributed by atoms with Crippen molar-refractivity contribution in [2.45, 2.75) is 32.1 Å². The van der Waals surface area contributed by atoms with Gasteiger partial charge in [-0.2, -0.15) is 0 Å². The summed E-state index contributed by atoms with van der Waals surface area (Å²) in [7, 11) is 0. The van der Waals surface area contributed by atoms with Gasteiger partial charge in [0.05, 0.1) is 6.61 Å². The Hall–Kier alpha value is -1.43. The Morgan fingerprint density at radius 3 is 3.12 bits per heavy atom. The van der Waals surface area contributed by atoms with Crippen LogP contribution in [0.15, 0.2) is 0 Å². The number of hydrogen-bond acceptors (Lipinski definition) is 5. The van der Waals surface area contributed by atoms with Gasteiger partial charge in [0.25, 0.3) is 5.82 Å². The fourth-order valence-corrected chi connectivity index (χ4v) is 2.41. The zero-order valence-corrected chi connectivity index (χ0v) is 9.98. The number of ether oxygens (including phenoxy) is 1. The van der Waals surface area contributed by atoms with Crippen molar-refractivity contribution < 1.29 is 9.53 Å². The van der Waals surface area contributed by atoms with Crippen molar-refractivity contribution in [2.24, 2.45) is 11.7 Å². The van der Waals surface area contributed by atoms with Gasteiger partial charge in [0.2, 0.25) is 0 Å². The summed E-state index contributed by atoms with van der Waals surface area (Å²) in [5.74, 6) is 1.15. The van der Waals surface area contributed by atoms with Crippen molar-refractivity contribution in [3.05, 3.63) is 11.6 Å². The lowest BCUT2D eigenvalue weighted by molar-refractivity contribution is 0.0512. The Bertz CT molecular complexity index is 391. The molecule has 2 atom stereocenters. The first-order valence-corrected chi connectivity index (χ1v) is 6.05. The smallest absolute Gasteiger partial charge is 0.378 e. The molecule has 3 N–H and O–H groups in total. The second-order valence-corrected chi connectivity index (χ2v) is 4.30. The number of H-pyrrole nitrogens is 1. The Morgan fingerprint density at radius 2 is 2.41 bits per heavy atom. The number of rotatable bonds is 4. The first-order valence-electron chi connectivity index (χ1n) is 6.05. The minimum atomic E-state index is -0.475. The number of carbonyl (C=O) groups excluding carboxylic acids is 1. The van der Waals surface area contributed by atoms with Gasteiger partial charge < -0.3 is 10.5 Å². The van der Waals surface area contributed by atoms with E-state index in [2.05, 4.69) is 15.2 Å². The van der Waals surface area contributed by atoms with Crippen LogP contribution in [0, 0.1) is 5.92 Å². The first kappa shape index (κ1) is 12.0. The SMILES string of the molecule is CCOC(=O)c1n[nH]c(C2CCCC2CN)n1. The molecule has 0 bridgehead atoms. The molecule has 0 amide bonds. The van der Waals surface area contributed by atoms with Crippen LogP contribution >= 0.6 is 0 Å². The molecule has 0 saturated heterocycles. The van der Waals surface area contributed by atoms with Gasteiger partial charge >= 0.3 is 5.97 Å². The molecule has 2 rings (SSSR count). The van der Waals surface area contributed by atoms with Gasteiger partial charge in [0.1, 0.15) is 5.82 Å². The molecule has 0 aliphatic heterocycles. The number of hydrogen-bond donors (Lipinski definition) is 2. The maximum absolute atomic E-state index is 11.4. The van der Waals surface area contributed by atoms with Crippen LogP contribution in [0.4, 0.5) is 0 Å². The summed E-state index contributed by atoms with van der Waals surface area (Å²) in [6, 6.07) is 0. The zero-order valence-electron chi connectivity index (χ0n) is 9.98. The maximum atomic E-state index is 11.4. The van der Waals surface area contributed by atoms with Crippen molar-refractivity contribution in [2.75, 3.05) is 13.2 Å². The Balaban J connectivity index is 2.09. The highest BCUT2D eigenvalue weighted by molar-refractivity contribution is 5.84. The van der Waals surface area contributed by atoms with Crippen LogP contribution in [0.25, 0.3) is 0 Å². The molecular formula is C11H18N4O2. The molecule has 1 fully saturated rings. The first-order chi connectivity index (χ1) is 8.26. The summed E-state index contributed by atoms with van der Waals surface area (Å²) >= 11 is 0. The molecular weight excluding hydrogens is 220 g/mol. The topological polar surface area (TPSA) is 93.9 Å². The number of esters is 1. The molecule has 0 radical (unpaired) electrons. The molecule has 17 heavy (non-hydrogen) atoms. The molecule has 1 saturated carbocycles. The van der Waals surface area contributed by atoms with Crippen LogP contribution < -0.4 is 5.73 Å². The largest absolute Gasteiger partial charge is 0.460 e. The lowest BCUT2D eigenvalue weighted by atomic mass is 9.96. The molecule has 2 unspecified atom stereocenters. The van der Waals surface area contributed by atoms with E-state index in [1.807, 2.05) is 0 Å². The fourth-order valence-electron chi connectivity index (χ4n) is 2.41. The Labute approximate surface area is 99.9 Å². The van der Waals surface area contributed by atoms with Gasteiger partial charge in [-0.15, -0.1) is 5.10 Å². The summed E-state index contributed by atoms with van der Waals surface area (Å²) in [5.41, 5.74) is 5.72. The molecule has 1 aromatic rings. The van der Waals surface area contributed by atoms with Crippen LogP contribution in [0.5, 0.6) is 0 Å². The van der Waals surface area contributed by atoms with Crippen molar-refractivity contribution in [1.82, 2.24) is 15.2 Å². The lowest BCUT2D eigenvalue weighted by Gasteiger charge is -2.14. The van der Waals surface area contributed by atoms with E-state index in [9.17, 15) is 4.79 Å². The second-order valence-electron chi connectivity index (χ2n) is 4.30. The maximum Gasteiger partial charge on any atom is 0.378 e. The van der Waals surface area contributed by atoms with E-state index in [4.69, 9.17) is 10.5 Å². The summed E-state index contributed by atoms with van der Waals surface area (Å²) in [5, 5.41) is 6.73. The summed E-state index contributed by atoms with van der Waals surface area (Å²) in [6.45, 7) is 2.74. The minimum absolute atomic E-state index is 0.115. The number of nitrogens with two attached hydrogens (primary N) is 1. The normalized spacial score (nSPS) is 23.9. The van der Waals surface area contributed by atoms with E-state index in [-0.39, 0.29) is 5.82 Å². The third-order valence-corrected chi connectivity index (χ3v) is 3.27. The highest BCUT2D eigenvalue weighted by Crippen LogP contribution is 2.37. The van der Waals surface area contributed by atoms with E-state index in [1.54, 1.807) is 6.92 Å². The third-order valence-electron chi connectivity index (χ3n) is 3.27. The van der Waals surface area contributed by atoms with Crippen LogP contribution in [0.3, 0.4) is 0 Å². The number of nitrogens with one attached hydrogen (secondary N) is 1. The van der Waals surface area contributed by atoms with Crippen LogP contribution in [-0.4, -0.2) is 34.3 Å². The molecule has 6 heteroatoms. The zero-order chi connectivity index (χ0) is 12.3. The number of aromatic amines is 1. The Morgan fingerprint density at radius 1 is 1.59 bits per heavy atom. The van der Waals surface area contributed by atoms with Crippen LogP contribution in [0.2, 0.25) is 0 Å². The molecule has 6 nitrogen and oxygen atoms in total. The summed E-state index contributed by atoms with van der Waals surface area (Å²) < 4.78 is 4.85. The standard InChI is InChI=1S/C11H18N4O2/c1-2-17-11(16)10-13-9(14-15-10)8-5-3-4-7(8)6-12/h7-8H,2-6,12H2,1H3,(H,13,14,15). The second kappa shape index (κ2) is 5.27. The number of aromatic nitrogens is 3. The summed E-state index contributed by atoms with van der Waals surface area (Å²) in [4.78, 5) is 15.6. The van der Waals surface area contributed by atoms with Crippen molar-refractivity contribution in [1.29, 1.82) is 0 Å². The molecule has 0 spiro atoms. The third kappa shape index (κ3) is 2.46. The molecule has 94 valence electrons. The highest BCUT2D eigenvalue weighted by atomic mass is 16.5. The van der Waals surface area contributed by atoms with Gasteiger partial charge in [-0.25, -0.2) is 9.78 Å². The fraction of sp³-hybridized carbons (Fsp3) is 0.727. The number of carbonyl (C=O) groups is 1. The van der Waals surface area contributed by atoms with Crippen LogP contribution in [0.1, 0.15) is 48.5 Å². The van der Waals surface area contributed by atoms with E-state index < -0.39 is 5.97 Å². The van der Waals surface area contributed by atoms with E-state index in [0.29, 0.717) is 25.0 Å². The van der Waals surface area contributed by atoms with Crippen molar-refractivity contribution in [3.8, 4) is 0 Å². The van der Waals surface area contributed by atoms with Gasteiger partial charge in [0.15, 0.2) is 0 Å². The van der Waals surface area contributed by atoms with Gasteiger partial charge in [0, 0.05) is 5.92 Å².